The van der Waals surface area contributed by atoms with Gasteiger partial charge >= 0.3 is 0 Å². The molecular weight excluding hydrogens is 262 g/mol. The highest BCUT2D eigenvalue weighted by atomic mass is 16.3. The van der Waals surface area contributed by atoms with Gasteiger partial charge in [0.05, 0.1) is 12.6 Å². The Morgan fingerprint density at radius 1 is 1.33 bits per heavy atom. The zero-order chi connectivity index (χ0) is 15.5. The summed E-state index contributed by atoms with van der Waals surface area (Å²) in [4.78, 5) is 4.45. The molecule has 1 aliphatic rings. The number of aliphatic hydroxyl groups is 1. The molecule has 21 heavy (non-hydrogen) atoms. The van der Waals surface area contributed by atoms with Gasteiger partial charge in [0, 0.05) is 11.1 Å². The number of nitrogens with two attached hydrogens (primary N) is 1. The first-order valence-electron chi connectivity index (χ1n) is 7.72. The second kappa shape index (κ2) is 6.48. The summed E-state index contributed by atoms with van der Waals surface area (Å²) in [7, 11) is 0. The zero-order valence-corrected chi connectivity index (χ0v) is 13.3. The number of anilines is 1. The third-order valence-corrected chi connectivity index (χ3v) is 4.38. The van der Waals surface area contributed by atoms with Gasteiger partial charge in [0.1, 0.15) is 0 Å². The van der Waals surface area contributed by atoms with E-state index in [4.69, 9.17) is 5.73 Å². The second-order valence-electron chi connectivity index (χ2n) is 6.62. The quantitative estimate of drug-likeness (QED) is 0.592. The molecule has 4 nitrogen and oxygen atoms in total. The molecule has 1 aliphatic carbocycles. The summed E-state index contributed by atoms with van der Waals surface area (Å²) >= 11 is 0. The summed E-state index contributed by atoms with van der Waals surface area (Å²) in [5, 5.41) is 13.3. The van der Waals surface area contributed by atoms with E-state index < -0.39 is 0 Å². The first kappa shape index (κ1) is 15.8. The van der Waals surface area contributed by atoms with Crippen molar-refractivity contribution in [3.05, 3.63) is 29.3 Å². The van der Waals surface area contributed by atoms with Crippen LogP contribution in [0.2, 0.25) is 0 Å². The third kappa shape index (κ3) is 4.21. The van der Waals surface area contributed by atoms with Crippen molar-refractivity contribution in [1.82, 2.24) is 0 Å². The molecule has 2 rings (SSSR count). The molecule has 2 unspecified atom stereocenters. The van der Waals surface area contributed by atoms with Gasteiger partial charge in [0.2, 0.25) is 0 Å². The van der Waals surface area contributed by atoms with Crippen molar-refractivity contribution in [2.75, 3.05) is 11.9 Å². The van der Waals surface area contributed by atoms with Gasteiger partial charge in [-0.2, -0.15) is 0 Å². The number of nitrogens with zero attached hydrogens (tertiary/aromatic N) is 1. The Labute approximate surface area is 127 Å². The highest BCUT2D eigenvalue weighted by molar-refractivity contribution is 5.92. The molecule has 1 saturated carbocycles. The SMILES string of the molecule is Cc1cc(C)cc(NC(N)=NCC2(C)CCCCC2O)c1. The summed E-state index contributed by atoms with van der Waals surface area (Å²) in [6, 6.07) is 6.22. The number of hydrogen-bond donors (Lipinski definition) is 3. The summed E-state index contributed by atoms with van der Waals surface area (Å²) in [6.07, 6.45) is 3.87. The van der Waals surface area contributed by atoms with Crippen molar-refractivity contribution in [1.29, 1.82) is 0 Å². The molecule has 1 fully saturated rings. The zero-order valence-electron chi connectivity index (χ0n) is 13.3. The number of guanidine groups is 1. The molecule has 0 aromatic heterocycles. The molecule has 0 radical (unpaired) electrons. The first-order valence-corrected chi connectivity index (χ1v) is 7.72. The molecule has 0 spiro atoms. The minimum atomic E-state index is -0.274. The van der Waals surface area contributed by atoms with Crippen LogP contribution in [0.15, 0.2) is 23.2 Å². The number of aliphatic hydroxyl groups excluding tert-OH is 1. The fourth-order valence-electron chi connectivity index (χ4n) is 3.07. The molecule has 0 heterocycles. The lowest BCUT2D eigenvalue weighted by atomic mass is 9.73. The van der Waals surface area contributed by atoms with E-state index >= 15 is 0 Å². The fourth-order valence-corrected chi connectivity index (χ4v) is 3.07. The molecule has 0 saturated heterocycles. The number of aryl methyl sites for hydroxylation is 2. The van der Waals surface area contributed by atoms with Crippen molar-refractivity contribution in [3.63, 3.8) is 0 Å². The Morgan fingerprint density at radius 2 is 2.00 bits per heavy atom. The van der Waals surface area contributed by atoms with Crippen LogP contribution in [0.1, 0.15) is 43.7 Å². The van der Waals surface area contributed by atoms with Crippen LogP contribution in [0.3, 0.4) is 0 Å². The Balaban J connectivity index is 2.00. The molecule has 1 aromatic carbocycles. The minimum Gasteiger partial charge on any atom is -0.392 e. The lowest BCUT2D eigenvalue weighted by Gasteiger charge is -2.37. The van der Waals surface area contributed by atoms with Gasteiger partial charge < -0.3 is 16.2 Å². The van der Waals surface area contributed by atoms with Crippen LogP contribution >= 0.6 is 0 Å². The van der Waals surface area contributed by atoms with E-state index in [-0.39, 0.29) is 11.5 Å². The van der Waals surface area contributed by atoms with Gasteiger partial charge in [0.15, 0.2) is 5.96 Å². The smallest absolute Gasteiger partial charge is 0.193 e. The maximum absolute atomic E-state index is 10.2. The maximum atomic E-state index is 10.2. The molecule has 0 amide bonds. The van der Waals surface area contributed by atoms with Gasteiger partial charge in [-0.3, -0.25) is 4.99 Å². The molecule has 0 aliphatic heterocycles. The summed E-state index contributed by atoms with van der Waals surface area (Å²) in [5.74, 6) is 0.416. The van der Waals surface area contributed by atoms with E-state index in [0.717, 1.165) is 31.4 Å². The van der Waals surface area contributed by atoms with Crippen LogP contribution in [0, 0.1) is 19.3 Å². The largest absolute Gasteiger partial charge is 0.392 e. The lowest BCUT2D eigenvalue weighted by Crippen LogP contribution is -2.39. The van der Waals surface area contributed by atoms with Crippen LogP contribution in [0.25, 0.3) is 0 Å². The molecule has 0 bridgehead atoms. The number of nitrogens with one attached hydrogen (secondary N) is 1. The van der Waals surface area contributed by atoms with Crippen molar-refractivity contribution >= 4 is 11.6 Å². The number of rotatable bonds is 3. The average molecular weight is 289 g/mol. The standard InChI is InChI=1S/C17H27N3O/c1-12-8-13(2)10-14(9-12)20-16(18)19-11-17(3)7-5-4-6-15(17)21/h8-10,15,21H,4-7,11H2,1-3H3,(H3,18,19,20). The second-order valence-corrected chi connectivity index (χ2v) is 6.62. The molecule has 4 heteroatoms. The van der Waals surface area contributed by atoms with E-state index in [1.165, 1.54) is 11.1 Å². The third-order valence-electron chi connectivity index (χ3n) is 4.38. The fraction of sp³-hybridized carbons (Fsp3) is 0.588. The molecular formula is C17H27N3O. The molecule has 4 N–H and O–H groups in total. The van der Waals surface area contributed by atoms with Gasteiger partial charge in [0.25, 0.3) is 0 Å². The summed E-state index contributed by atoms with van der Waals surface area (Å²) in [6.45, 7) is 6.79. The van der Waals surface area contributed by atoms with Crippen molar-refractivity contribution in [2.45, 2.75) is 52.6 Å². The minimum absolute atomic E-state index is 0.146. The van der Waals surface area contributed by atoms with E-state index in [0.29, 0.717) is 12.5 Å². The normalized spacial score (nSPS) is 26.7. The Hall–Kier alpha value is -1.55. The summed E-state index contributed by atoms with van der Waals surface area (Å²) < 4.78 is 0. The highest BCUT2D eigenvalue weighted by Crippen LogP contribution is 2.36. The Bertz CT molecular complexity index is 507. The average Bonchev–Trinajstić information content (AvgIpc) is 2.39. The Kier molecular flexibility index (Phi) is 4.88. The predicted octanol–water partition coefficient (Wildman–Crippen LogP) is 2.97. The van der Waals surface area contributed by atoms with Gasteiger partial charge in [-0.25, -0.2) is 0 Å². The number of aliphatic imine (C=N–C) groups is 1. The highest BCUT2D eigenvalue weighted by Gasteiger charge is 2.35. The molecule has 1 aromatic rings. The van der Waals surface area contributed by atoms with Crippen LogP contribution in [0.4, 0.5) is 5.69 Å². The topological polar surface area (TPSA) is 70.6 Å². The predicted molar refractivity (Wildman–Crippen MR) is 88.6 cm³/mol. The van der Waals surface area contributed by atoms with Crippen LogP contribution in [0.5, 0.6) is 0 Å². The monoisotopic (exact) mass is 289 g/mol. The molecule has 116 valence electrons. The van der Waals surface area contributed by atoms with E-state index in [2.05, 4.69) is 37.1 Å². The number of hydrogen-bond acceptors (Lipinski definition) is 2. The van der Waals surface area contributed by atoms with Crippen molar-refractivity contribution in [2.24, 2.45) is 16.1 Å². The first-order chi connectivity index (χ1) is 9.89. The lowest BCUT2D eigenvalue weighted by molar-refractivity contribution is 0.00724. The maximum Gasteiger partial charge on any atom is 0.193 e. The Morgan fingerprint density at radius 3 is 2.62 bits per heavy atom. The van der Waals surface area contributed by atoms with E-state index in [1.807, 2.05) is 12.1 Å². The van der Waals surface area contributed by atoms with Crippen LogP contribution in [-0.4, -0.2) is 23.7 Å². The van der Waals surface area contributed by atoms with Crippen molar-refractivity contribution in [3.8, 4) is 0 Å². The van der Waals surface area contributed by atoms with Crippen LogP contribution in [-0.2, 0) is 0 Å². The van der Waals surface area contributed by atoms with Crippen LogP contribution < -0.4 is 11.1 Å². The van der Waals surface area contributed by atoms with E-state index in [9.17, 15) is 5.11 Å². The molecule has 2 atom stereocenters. The van der Waals surface area contributed by atoms with E-state index in [1.54, 1.807) is 0 Å². The number of benzene rings is 1. The van der Waals surface area contributed by atoms with Gasteiger partial charge in [-0.05, 0) is 49.9 Å². The van der Waals surface area contributed by atoms with Gasteiger partial charge in [-0.15, -0.1) is 0 Å². The summed E-state index contributed by atoms with van der Waals surface area (Å²) in [5.41, 5.74) is 9.19. The van der Waals surface area contributed by atoms with Gasteiger partial charge in [-0.1, -0.05) is 25.8 Å². The van der Waals surface area contributed by atoms with Crippen molar-refractivity contribution < 1.29 is 5.11 Å².